The van der Waals surface area contributed by atoms with Gasteiger partial charge in [0.25, 0.3) is 0 Å². The van der Waals surface area contributed by atoms with E-state index in [0.29, 0.717) is 26.2 Å². The highest BCUT2D eigenvalue weighted by Gasteiger charge is 2.28. The predicted molar refractivity (Wildman–Crippen MR) is 113 cm³/mol. The van der Waals surface area contributed by atoms with Crippen LogP contribution in [0.3, 0.4) is 0 Å². The lowest BCUT2D eigenvalue weighted by Crippen LogP contribution is -2.52. The summed E-state index contributed by atoms with van der Waals surface area (Å²) in [6, 6.07) is 9.12. The second kappa shape index (κ2) is 9.69. The number of nitrogens with zero attached hydrogens (tertiary/aromatic N) is 3. The molecule has 0 saturated carbocycles. The number of carbonyl (C=O) groups excluding carboxylic acids is 2. The van der Waals surface area contributed by atoms with Crippen LogP contribution in [-0.2, 0) is 25.4 Å². The molecular formula is C20H32N4O4S. The van der Waals surface area contributed by atoms with Gasteiger partial charge in [-0.1, -0.05) is 30.3 Å². The molecule has 0 aromatic heterocycles. The third kappa shape index (κ3) is 7.75. The number of hydrogen-bond donors (Lipinski definition) is 1. The summed E-state index contributed by atoms with van der Waals surface area (Å²) < 4.78 is 26.7. The van der Waals surface area contributed by atoms with Crippen LogP contribution in [0.25, 0.3) is 0 Å². The number of amides is 2. The quantitative estimate of drug-likeness (QED) is 0.689. The summed E-state index contributed by atoms with van der Waals surface area (Å²) in [5.74, 6) is -0.377. The maximum Gasteiger partial charge on any atom is 0.240 e. The van der Waals surface area contributed by atoms with Gasteiger partial charge in [0.15, 0.2) is 0 Å². The molecule has 0 unspecified atom stereocenters. The molecule has 1 aliphatic heterocycles. The van der Waals surface area contributed by atoms with Crippen molar-refractivity contribution in [3.05, 3.63) is 35.9 Å². The Morgan fingerprint density at radius 2 is 1.66 bits per heavy atom. The van der Waals surface area contributed by atoms with Crippen molar-refractivity contribution >= 4 is 21.8 Å². The summed E-state index contributed by atoms with van der Waals surface area (Å²) in [5.41, 5.74) is 0.419. The summed E-state index contributed by atoms with van der Waals surface area (Å²) in [5, 5.41) is 2.83. The molecule has 29 heavy (non-hydrogen) atoms. The van der Waals surface area contributed by atoms with E-state index in [2.05, 4.69) is 5.32 Å². The van der Waals surface area contributed by atoms with Gasteiger partial charge in [-0.25, -0.2) is 8.42 Å². The van der Waals surface area contributed by atoms with Gasteiger partial charge in [-0.2, -0.15) is 4.31 Å². The fraction of sp³-hybridized carbons (Fsp3) is 0.600. The highest BCUT2D eigenvalue weighted by Crippen LogP contribution is 2.13. The van der Waals surface area contributed by atoms with Crippen molar-refractivity contribution in [3.63, 3.8) is 0 Å². The number of nitrogens with one attached hydrogen (secondary N) is 1. The van der Waals surface area contributed by atoms with Gasteiger partial charge in [-0.05, 0) is 26.3 Å². The second-order valence-electron chi connectivity index (χ2n) is 8.46. The fourth-order valence-corrected chi connectivity index (χ4v) is 4.63. The molecule has 0 atom stereocenters. The summed E-state index contributed by atoms with van der Waals surface area (Å²) in [6.45, 7) is 7.53. The minimum atomic E-state index is -3.38. The van der Waals surface area contributed by atoms with Crippen LogP contribution in [0.2, 0.25) is 0 Å². The van der Waals surface area contributed by atoms with Crippen molar-refractivity contribution in [2.75, 3.05) is 46.3 Å². The molecule has 1 N–H and O–H groups in total. The number of likely N-dealkylation sites (N-methyl/N-ethyl adjacent to an activating group) is 1. The first-order valence-corrected chi connectivity index (χ1v) is 11.4. The minimum Gasteiger partial charge on any atom is -0.350 e. The molecule has 1 heterocycles. The molecule has 1 aromatic rings. The van der Waals surface area contributed by atoms with Crippen molar-refractivity contribution in [2.45, 2.75) is 32.1 Å². The molecule has 1 saturated heterocycles. The molecule has 0 spiro atoms. The van der Waals surface area contributed by atoms with Crippen LogP contribution in [0.1, 0.15) is 26.3 Å². The van der Waals surface area contributed by atoms with E-state index in [1.165, 1.54) is 9.21 Å². The van der Waals surface area contributed by atoms with Gasteiger partial charge in [-0.3, -0.25) is 14.5 Å². The Kier molecular flexibility index (Phi) is 7.79. The SMILES string of the molecule is CN(CC(=O)NC(C)(C)C)C(=O)CN1CCN(S(=O)(=O)Cc2ccccc2)CC1. The molecule has 0 bridgehead atoms. The zero-order valence-electron chi connectivity index (χ0n) is 17.7. The van der Waals surface area contributed by atoms with Gasteiger partial charge in [0.2, 0.25) is 21.8 Å². The van der Waals surface area contributed by atoms with Gasteiger partial charge in [0.05, 0.1) is 18.8 Å². The largest absolute Gasteiger partial charge is 0.350 e. The topological polar surface area (TPSA) is 90.0 Å². The lowest BCUT2D eigenvalue weighted by Gasteiger charge is -2.34. The number of piperazine rings is 1. The van der Waals surface area contributed by atoms with Crippen LogP contribution in [-0.4, -0.2) is 86.2 Å². The van der Waals surface area contributed by atoms with E-state index < -0.39 is 10.0 Å². The smallest absolute Gasteiger partial charge is 0.240 e. The molecule has 1 aromatic carbocycles. The van der Waals surface area contributed by atoms with Crippen LogP contribution < -0.4 is 5.32 Å². The number of sulfonamides is 1. The molecule has 1 fully saturated rings. The normalized spacial score (nSPS) is 16.4. The van der Waals surface area contributed by atoms with Crippen molar-refractivity contribution in [3.8, 4) is 0 Å². The molecule has 9 heteroatoms. The van der Waals surface area contributed by atoms with Crippen LogP contribution in [0, 0.1) is 0 Å². The van der Waals surface area contributed by atoms with Gasteiger partial charge in [0, 0.05) is 38.8 Å². The number of benzene rings is 1. The highest BCUT2D eigenvalue weighted by atomic mass is 32.2. The first kappa shape index (κ1) is 23.3. The Morgan fingerprint density at radius 1 is 1.07 bits per heavy atom. The number of rotatable bonds is 7. The molecule has 0 radical (unpaired) electrons. The van der Waals surface area contributed by atoms with Gasteiger partial charge >= 0.3 is 0 Å². The summed E-state index contributed by atoms with van der Waals surface area (Å²) in [6.07, 6.45) is 0. The van der Waals surface area contributed by atoms with Gasteiger partial charge < -0.3 is 10.2 Å². The fourth-order valence-electron chi connectivity index (χ4n) is 3.12. The predicted octanol–water partition coefficient (Wildman–Crippen LogP) is 0.507. The summed E-state index contributed by atoms with van der Waals surface area (Å²) in [7, 11) is -1.78. The zero-order valence-corrected chi connectivity index (χ0v) is 18.5. The van der Waals surface area contributed by atoms with Crippen LogP contribution in [0.15, 0.2) is 30.3 Å². The Hall–Kier alpha value is -1.97. The lowest BCUT2D eigenvalue weighted by atomic mass is 10.1. The molecular weight excluding hydrogens is 392 g/mol. The van der Waals surface area contributed by atoms with Crippen molar-refractivity contribution in [1.29, 1.82) is 0 Å². The molecule has 0 aliphatic carbocycles. The summed E-state index contributed by atoms with van der Waals surface area (Å²) in [4.78, 5) is 27.7. The Bertz CT molecular complexity index is 798. The van der Waals surface area contributed by atoms with Crippen LogP contribution >= 0.6 is 0 Å². The second-order valence-corrected chi connectivity index (χ2v) is 10.4. The van der Waals surface area contributed by atoms with E-state index in [1.807, 2.05) is 43.9 Å². The van der Waals surface area contributed by atoms with Crippen molar-refractivity contribution in [1.82, 2.24) is 19.4 Å². The average molecular weight is 425 g/mol. The third-order valence-electron chi connectivity index (χ3n) is 4.60. The Morgan fingerprint density at radius 3 is 2.21 bits per heavy atom. The van der Waals surface area contributed by atoms with Crippen molar-refractivity contribution < 1.29 is 18.0 Å². The number of hydrogen-bond acceptors (Lipinski definition) is 5. The Balaban J connectivity index is 1.80. The van der Waals surface area contributed by atoms with Crippen LogP contribution in [0.5, 0.6) is 0 Å². The number of carbonyl (C=O) groups is 2. The highest BCUT2D eigenvalue weighted by molar-refractivity contribution is 7.88. The first-order chi connectivity index (χ1) is 13.5. The average Bonchev–Trinajstić information content (AvgIpc) is 2.61. The monoisotopic (exact) mass is 424 g/mol. The van der Waals surface area contributed by atoms with E-state index in [1.54, 1.807) is 19.2 Å². The standard InChI is InChI=1S/C20H32N4O4S/c1-20(2,3)21-18(25)14-22(4)19(26)15-23-10-12-24(13-11-23)29(27,28)16-17-8-6-5-7-9-17/h5-9H,10-16H2,1-4H3,(H,21,25). The molecule has 2 rings (SSSR count). The van der Waals surface area contributed by atoms with Gasteiger partial charge in [-0.15, -0.1) is 0 Å². The lowest BCUT2D eigenvalue weighted by molar-refractivity contribution is -0.136. The van der Waals surface area contributed by atoms with E-state index in [4.69, 9.17) is 0 Å². The maximum atomic E-state index is 12.6. The van der Waals surface area contributed by atoms with Crippen LogP contribution in [0.4, 0.5) is 0 Å². The molecule has 2 amide bonds. The zero-order chi connectivity index (χ0) is 21.7. The Labute approximate surface area is 173 Å². The summed E-state index contributed by atoms with van der Waals surface area (Å²) >= 11 is 0. The first-order valence-electron chi connectivity index (χ1n) is 9.75. The van der Waals surface area contributed by atoms with E-state index in [9.17, 15) is 18.0 Å². The van der Waals surface area contributed by atoms with Gasteiger partial charge in [0.1, 0.15) is 0 Å². The van der Waals surface area contributed by atoms with Crippen molar-refractivity contribution in [2.24, 2.45) is 0 Å². The van der Waals surface area contributed by atoms with E-state index in [-0.39, 0.29) is 36.2 Å². The molecule has 162 valence electrons. The minimum absolute atomic E-state index is 0.00151. The van der Waals surface area contributed by atoms with E-state index in [0.717, 1.165) is 5.56 Å². The molecule has 8 nitrogen and oxygen atoms in total. The van der Waals surface area contributed by atoms with E-state index >= 15 is 0 Å². The maximum absolute atomic E-state index is 12.6. The third-order valence-corrected chi connectivity index (χ3v) is 6.45. The molecule has 1 aliphatic rings.